The molecule has 0 atom stereocenters. The summed E-state index contributed by atoms with van der Waals surface area (Å²) in [5.74, 6) is 0.366. The Morgan fingerprint density at radius 3 is 2.69 bits per heavy atom. The lowest BCUT2D eigenvalue weighted by molar-refractivity contribution is -0.127. The largest absolute Gasteiger partial charge is 0.496 e. The second kappa shape index (κ2) is 8.47. The molecule has 4 rings (SSSR count). The highest BCUT2D eigenvalue weighted by Crippen LogP contribution is 2.37. The first-order valence-corrected chi connectivity index (χ1v) is 9.89. The molecule has 0 spiro atoms. The van der Waals surface area contributed by atoms with Crippen LogP contribution in [0, 0.1) is 5.82 Å². The number of aryl methyl sites for hydroxylation is 1. The van der Waals surface area contributed by atoms with Gasteiger partial charge in [-0.15, -0.1) is 0 Å². The third-order valence-corrected chi connectivity index (χ3v) is 5.30. The molecule has 0 N–H and O–H groups in total. The maximum absolute atomic E-state index is 13.8. The maximum Gasteiger partial charge on any atom is 0.222 e. The van der Waals surface area contributed by atoms with Crippen molar-refractivity contribution in [1.82, 2.24) is 14.5 Å². The van der Waals surface area contributed by atoms with Crippen LogP contribution in [0.3, 0.4) is 0 Å². The summed E-state index contributed by atoms with van der Waals surface area (Å²) in [5.41, 5.74) is 3.50. The number of benzene rings is 2. The molecule has 1 amide bonds. The number of hydrogen-bond donors (Lipinski definition) is 0. The smallest absolute Gasteiger partial charge is 0.222 e. The van der Waals surface area contributed by atoms with Gasteiger partial charge in [-0.2, -0.15) is 0 Å². The predicted molar refractivity (Wildman–Crippen MR) is 110 cm³/mol. The molecular weight excluding hydrogens is 369 g/mol. The van der Waals surface area contributed by atoms with Crippen LogP contribution in [-0.2, 0) is 11.3 Å². The zero-order valence-electron chi connectivity index (χ0n) is 16.5. The lowest BCUT2D eigenvalue weighted by atomic mass is 10.0. The lowest BCUT2D eigenvalue weighted by Gasteiger charge is -2.17. The van der Waals surface area contributed by atoms with Gasteiger partial charge in [0.15, 0.2) is 0 Å². The van der Waals surface area contributed by atoms with Gasteiger partial charge in [0.2, 0.25) is 5.91 Å². The Labute approximate surface area is 169 Å². The summed E-state index contributed by atoms with van der Waals surface area (Å²) < 4.78 is 21.3. The summed E-state index contributed by atoms with van der Waals surface area (Å²) in [6, 6.07) is 14.5. The quantitative estimate of drug-likeness (QED) is 0.599. The number of rotatable bonds is 7. The van der Waals surface area contributed by atoms with E-state index in [1.807, 2.05) is 41.6 Å². The van der Waals surface area contributed by atoms with Crippen LogP contribution in [0.4, 0.5) is 4.39 Å². The van der Waals surface area contributed by atoms with Crippen LogP contribution < -0.4 is 4.74 Å². The Morgan fingerprint density at radius 1 is 1.14 bits per heavy atom. The Morgan fingerprint density at radius 2 is 1.97 bits per heavy atom. The first-order valence-electron chi connectivity index (χ1n) is 9.89. The summed E-state index contributed by atoms with van der Waals surface area (Å²) >= 11 is 0. The van der Waals surface area contributed by atoms with Crippen LogP contribution in [0.1, 0.15) is 19.3 Å². The fourth-order valence-electron chi connectivity index (χ4n) is 3.87. The normalized spacial score (nSPS) is 13.9. The molecule has 0 bridgehead atoms. The highest BCUT2D eigenvalue weighted by Gasteiger charge is 2.21. The van der Waals surface area contributed by atoms with E-state index < -0.39 is 0 Å². The molecule has 0 saturated carbocycles. The van der Waals surface area contributed by atoms with Gasteiger partial charge in [0.25, 0.3) is 0 Å². The van der Waals surface area contributed by atoms with Crippen molar-refractivity contribution < 1.29 is 13.9 Å². The fraction of sp³-hybridized carbons (Fsp3) is 0.304. The van der Waals surface area contributed by atoms with Crippen molar-refractivity contribution in [3.63, 3.8) is 0 Å². The van der Waals surface area contributed by atoms with Crippen LogP contribution in [-0.4, -0.2) is 40.6 Å². The molecule has 1 saturated heterocycles. The van der Waals surface area contributed by atoms with E-state index in [4.69, 9.17) is 4.74 Å². The third kappa shape index (κ3) is 4.01. The van der Waals surface area contributed by atoms with Gasteiger partial charge in [-0.05, 0) is 25.0 Å². The van der Waals surface area contributed by atoms with Gasteiger partial charge >= 0.3 is 0 Å². The molecule has 3 aromatic rings. The number of carbonyl (C=O) groups is 1. The van der Waals surface area contributed by atoms with Crippen molar-refractivity contribution in [2.45, 2.75) is 25.8 Å². The van der Waals surface area contributed by atoms with Gasteiger partial charge in [-0.1, -0.05) is 30.3 Å². The zero-order chi connectivity index (χ0) is 20.2. The second-order valence-electron chi connectivity index (χ2n) is 7.18. The molecule has 1 fully saturated rings. The summed E-state index contributed by atoms with van der Waals surface area (Å²) in [5, 5.41) is 0. The van der Waals surface area contributed by atoms with Crippen molar-refractivity contribution in [3.05, 3.63) is 60.7 Å². The summed E-state index contributed by atoms with van der Waals surface area (Å²) in [6.45, 7) is 2.29. The Bertz CT molecular complexity index is 1000. The van der Waals surface area contributed by atoms with Crippen LogP contribution >= 0.6 is 0 Å². The van der Waals surface area contributed by atoms with Gasteiger partial charge in [-0.3, -0.25) is 4.79 Å². The van der Waals surface area contributed by atoms with E-state index in [-0.39, 0.29) is 11.7 Å². The molecule has 1 aliphatic heterocycles. The van der Waals surface area contributed by atoms with Gasteiger partial charge < -0.3 is 14.2 Å². The molecule has 6 heteroatoms. The van der Waals surface area contributed by atoms with E-state index in [0.717, 1.165) is 48.4 Å². The minimum Gasteiger partial charge on any atom is -0.496 e. The molecule has 5 nitrogen and oxygen atoms in total. The molecule has 1 aliphatic rings. The van der Waals surface area contributed by atoms with Crippen LogP contribution in [0.25, 0.3) is 22.5 Å². The van der Waals surface area contributed by atoms with Crippen LogP contribution in [0.5, 0.6) is 5.75 Å². The number of nitrogens with zero attached hydrogens (tertiary/aromatic N) is 3. The van der Waals surface area contributed by atoms with Crippen LogP contribution in [0.15, 0.2) is 54.9 Å². The summed E-state index contributed by atoms with van der Waals surface area (Å²) in [7, 11) is 1.54. The number of ether oxygens (including phenoxy) is 1. The molecular formula is C23H24FN3O2. The molecule has 0 aliphatic carbocycles. The molecule has 2 aromatic carbocycles. The monoisotopic (exact) mass is 393 g/mol. The van der Waals surface area contributed by atoms with Crippen molar-refractivity contribution in [3.8, 4) is 28.3 Å². The van der Waals surface area contributed by atoms with Crippen LogP contribution in [0.2, 0.25) is 0 Å². The molecule has 2 heterocycles. The highest BCUT2D eigenvalue weighted by atomic mass is 19.1. The van der Waals surface area contributed by atoms with Crippen molar-refractivity contribution in [1.29, 1.82) is 0 Å². The number of methoxy groups -OCH3 is 1. The number of likely N-dealkylation sites (tertiary alicyclic amines) is 1. The van der Waals surface area contributed by atoms with Crippen molar-refractivity contribution >= 4 is 5.91 Å². The van der Waals surface area contributed by atoms with Gasteiger partial charge in [0.05, 0.1) is 24.8 Å². The highest BCUT2D eigenvalue weighted by molar-refractivity contribution is 5.82. The SMILES string of the molecule is COc1cc(F)ccc1-c1c(-c2ccccc2)ncn1CCCN1CCCC1=O. The van der Waals surface area contributed by atoms with Crippen molar-refractivity contribution in [2.75, 3.05) is 20.2 Å². The average molecular weight is 393 g/mol. The molecule has 0 radical (unpaired) electrons. The van der Waals surface area contributed by atoms with Gasteiger partial charge in [0, 0.05) is 43.2 Å². The first kappa shape index (κ1) is 19.2. The number of hydrogen-bond acceptors (Lipinski definition) is 3. The lowest BCUT2D eigenvalue weighted by Crippen LogP contribution is -2.26. The van der Waals surface area contributed by atoms with E-state index in [0.29, 0.717) is 18.7 Å². The van der Waals surface area contributed by atoms with E-state index in [9.17, 15) is 9.18 Å². The average Bonchev–Trinajstić information content (AvgIpc) is 3.35. The van der Waals surface area contributed by atoms with E-state index in [1.165, 1.54) is 12.1 Å². The minimum absolute atomic E-state index is 0.237. The third-order valence-electron chi connectivity index (χ3n) is 5.30. The minimum atomic E-state index is -0.342. The van der Waals surface area contributed by atoms with Gasteiger partial charge in [-0.25, -0.2) is 9.37 Å². The fourth-order valence-corrected chi connectivity index (χ4v) is 3.87. The first-order chi connectivity index (χ1) is 14.2. The van der Waals surface area contributed by atoms with Gasteiger partial charge in [0.1, 0.15) is 11.6 Å². The second-order valence-corrected chi connectivity index (χ2v) is 7.18. The van der Waals surface area contributed by atoms with E-state index in [2.05, 4.69) is 9.55 Å². The number of carbonyl (C=O) groups excluding carboxylic acids is 1. The molecule has 150 valence electrons. The maximum atomic E-state index is 13.8. The Balaban J connectivity index is 1.68. The van der Waals surface area contributed by atoms with Crippen molar-refractivity contribution in [2.24, 2.45) is 0 Å². The Kier molecular flexibility index (Phi) is 5.60. The number of aromatic nitrogens is 2. The zero-order valence-corrected chi connectivity index (χ0v) is 16.5. The van der Waals surface area contributed by atoms with E-state index in [1.54, 1.807) is 13.2 Å². The summed E-state index contributed by atoms with van der Waals surface area (Å²) in [4.78, 5) is 18.4. The summed E-state index contributed by atoms with van der Waals surface area (Å²) in [6.07, 6.45) is 4.24. The topological polar surface area (TPSA) is 47.4 Å². The predicted octanol–water partition coefficient (Wildman–Crippen LogP) is 4.38. The molecule has 1 aromatic heterocycles. The molecule has 0 unspecified atom stereocenters. The number of halogens is 1. The number of amides is 1. The standard InChI is InChI=1S/C23H24FN3O2/c1-29-20-15-18(24)10-11-19(20)23-22(17-7-3-2-4-8-17)25-16-27(23)14-6-13-26-12-5-9-21(26)28/h2-4,7-8,10-11,15-16H,5-6,9,12-14H2,1H3. The molecule has 29 heavy (non-hydrogen) atoms. The Hall–Kier alpha value is -3.15. The number of imidazole rings is 1. The van der Waals surface area contributed by atoms with E-state index >= 15 is 0 Å².